The van der Waals surface area contributed by atoms with Gasteiger partial charge in [0, 0.05) is 11.1 Å². The fourth-order valence-electron chi connectivity index (χ4n) is 4.70. The summed E-state index contributed by atoms with van der Waals surface area (Å²) in [6.45, 7) is 5.29. The molecule has 3 atom stereocenters. The van der Waals surface area contributed by atoms with Crippen LogP contribution in [0, 0.1) is 11.6 Å². The normalized spacial score (nSPS) is 24.4. The number of nitrogens with zero attached hydrogens (tertiary/aromatic N) is 2. The number of hydrogen-bond donors (Lipinski definition) is 1. The topological polar surface area (TPSA) is 82.2 Å². The molecule has 3 aliphatic rings. The second-order valence-electron chi connectivity index (χ2n) is 9.24. The van der Waals surface area contributed by atoms with E-state index in [1.54, 1.807) is 6.07 Å². The monoisotopic (exact) mass is 489 g/mol. The number of aromatic nitrogens is 1. The van der Waals surface area contributed by atoms with E-state index in [2.05, 4.69) is 10.3 Å². The van der Waals surface area contributed by atoms with E-state index in [-0.39, 0.29) is 31.3 Å². The predicted molar refractivity (Wildman–Crippen MR) is 124 cm³/mol. The first-order valence-corrected chi connectivity index (χ1v) is 11.9. The Kier molecular flexibility index (Phi) is 6.97. The Morgan fingerprint density at radius 1 is 1.17 bits per heavy atom. The lowest BCUT2D eigenvalue weighted by Crippen LogP contribution is -2.44. The highest BCUT2D eigenvalue weighted by Gasteiger charge is 2.35. The van der Waals surface area contributed by atoms with Crippen molar-refractivity contribution >= 4 is 23.1 Å². The number of carbonyl (C=O) groups is 1. The first-order valence-electron chi connectivity index (χ1n) is 11.9. The van der Waals surface area contributed by atoms with E-state index in [9.17, 15) is 9.18 Å². The van der Waals surface area contributed by atoms with Crippen molar-refractivity contribution in [3.8, 4) is 0 Å². The van der Waals surface area contributed by atoms with Gasteiger partial charge in [-0.15, -0.1) is 0 Å². The van der Waals surface area contributed by atoms with Gasteiger partial charge in [-0.1, -0.05) is 0 Å². The molecule has 0 bridgehead atoms. The van der Waals surface area contributed by atoms with E-state index in [1.807, 2.05) is 13.8 Å². The lowest BCUT2D eigenvalue weighted by Gasteiger charge is -2.33. The summed E-state index contributed by atoms with van der Waals surface area (Å²) in [6, 6.07) is 4.24. The third kappa shape index (κ3) is 5.16. The molecule has 3 aliphatic heterocycles. The lowest BCUT2D eigenvalue weighted by atomic mass is 10.0. The summed E-state index contributed by atoms with van der Waals surface area (Å²) in [7, 11) is 0. The number of carbonyl (C=O) groups excluding carboxylic acids is 1. The van der Waals surface area contributed by atoms with Crippen LogP contribution in [0.1, 0.15) is 43.9 Å². The molecule has 2 saturated heterocycles. The van der Waals surface area contributed by atoms with Crippen molar-refractivity contribution < 1.29 is 32.5 Å². The average Bonchev–Trinajstić information content (AvgIpc) is 2.99. The van der Waals surface area contributed by atoms with Gasteiger partial charge in [0.1, 0.15) is 29.7 Å². The molecule has 0 aliphatic carbocycles. The summed E-state index contributed by atoms with van der Waals surface area (Å²) >= 11 is 0. The number of fused-ring (bicyclic) bond motifs is 2. The molecule has 1 amide bonds. The van der Waals surface area contributed by atoms with Crippen LogP contribution in [0.25, 0.3) is 0 Å². The van der Waals surface area contributed by atoms with Gasteiger partial charge in [0.05, 0.1) is 62.8 Å². The number of rotatable bonds is 4. The predicted octanol–water partition coefficient (Wildman–Crippen LogP) is 4.01. The van der Waals surface area contributed by atoms with Crippen LogP contribution in [-0.4, -0.2) is 55.6 Å². The zero-order chi connectivity index (χ0) is 24.5. The Balaban J connectivity index is 1.48. The van der Waals surface area contributed by atoms with E-state index in [0.717, 1.165) is 6.20 Å². The minimum absolute atomic E-state index is 0.0534. The van der Waals surface area contributed by atoms with Crippen molar-refractivity contribution in [3.63, 3.8) is 0 Å². The molecule has 2 fully saturated rings. The van der Waals surface area contributed by atoms with Crippen molar-refractivity contribution in [2.75, 3.05) is 36.6 Å². The van der Waals surface area contributed by atoms with Crippen molar-refractivity contribution in [1.29, 1.82) is 0 Å². The molecular weight excluding hydrogens is 460 g/mol. The van der Waals surface area contributed by atoms with Gasteiger partial charge >= 0.3 is 0 Å². The molecular formula is C25H29F2N3O5. The SMILES string of the molecule is CC(C)O[C@H]1CC[C@H](C(=O)N2Cc3cc(F)cnc3Nc3cc(F)c([C@H]4COCCO4)cc32)OC1. The maximum absolute atomic E-state index is 15.2. The third-order valence-corrected chi connectivity index (χ3v) is 6.32. The van der Waals surface area contributed by atoms with Crippen molar-refractivity contribution in [2.24, 2.45) is 0 Å². The third-order valence-electron chi connectivity index (χ3n) is 6.32. The molecule has 8 nitrogen and oxygen atoms in total. The van der Waals surface area contributed by atoms with Crippen LogP contribution in [0.15, 0.2) is 24.4 Å². The summed E-state index contributed by atoms with van der Waals surface area (Å²) in [5.74, 6) is -0.938. The van der Waals surface area contributed by atoms with E-state index in [4.69, 9.17) is 18.9 Å². The Hall–Kier alpha value is -2.66. The van der Waals surface area contributed by atoms with Crippen molar-refractivity contribution in [2.45, 2.75) is 57.6 Å². The molecule has 0 radical (unpaired) electrons. The first-order chi connectivity index (χ1) is 16.9. The second kappa shape index (κ2) is 10.1. The smallest absolute Gasteiger partial charge is 0.256 e. The highest BCUT2D eigenvalue weighted by Crippen LogP contribution is 2.40. The van der Waals surface area contributed by atoms with Crippen LogP contribution in [0.2, 0.25) is 0 Å². The average molecular weight is 490 g/mol. The molecule has 2 aromatic rings. The van der Waals surface area contributed by atoms with Crippen molar-refractivity contribution in [1.82, 2.24) is 4.98 Å². The highest BCUT2D eigenvalue weighted by molar-refractivity contribution is 6.01. The molecule has 1 aromatic heterocycles. The second-order valence-corrected chi connectivity index (χ2v) is 9.24. The molecule has 0 unspecified atom stereocenters. The summed E-state index contributed by atoms with van der Waals surface area (Å²) in [5, 5.41) is 3.07. The maximum atomic E-state index is 15.2. The number of halogens is 2. The van der Waals surface area contributed by atoms with Gasteiger partial charge in [0.25, 0.3) is 5.91 Å². The van der Waals surface area contributed by atoms with E-state index < -0.39 is 23.8 Å². The molecule has 1 aromatic carbocycles. The van der Waals surface area contributed by atoms with Gasteiger partial charge in [-0.3, -0.25) is 4.79 Å². The number of anilines is 3. The first kappa shape index (κ1) is 24.1. The highest BCUT2D eigenvalue weighted by atomic mass is 19.1. The summed E-state index contributed by atoms with van der Waals surface area (Å²) in [4.78, 5) is 19.4. The van der Waals surface area contributed by atoms with Crippen LogP contribution >= 0.6 is 0 Å². The van der Waals surface area contributed by atoms with Crippen LogP contribution in [-0.2, 0) is 30.3 Å². The van der Waals surface area contributed by atoms with Crippen LogP contribution in [0.5, 0.6) is 0 Å². The number of ether oxygens (including phenoxy) is 4. The Morgan fingerprint density at radius 2 is 2.03 bits per heavy atom. The van der Waals surface area contributed by atoms with E-state index in [1.165, 1.54) is 17.0 Å². The molecule has 0 spiro atoms. The Morgan fingerprint density at radius 3 is 2.74 bits per heavy atom. The molecule has 0 saturated carbocycles. The fourth-order valence-corrected chi connectivity index (χ4v) is 4.70. The lowest BCUT2D eigenvalue weighted by molar-refractivity contribution is -0.143. The molecule has 35 heavy (non-hydrogen) atoms. The Labute approximate surface area is 202 Å². The molecule has 10 heteroatoms. The maximum Gasteiger partial charge on any atom is 0.256 e. The van der Waals surface area contributed by atoms with Crippen molar-refractivity contribution in [3.05, 3.63) is 47.2 Å². The quantitative estimate of drug-likeness (QED) is 0.695. The summed E-state index contributed by atoms with van der Waals surface area (Å²) < 4.78 is 52.1. The minimum atomic E-state index is -0.694. The number of amides is 1. The molecule has 4 heterocycles. The van der Waals surface area contributed by atoms with Gasteiger partial charge in [0.2, 0.25) is 0 Å². The van der Waals surface area contributed by atoms with Gasteiger partial charge in [-0.2, -0.15) is 0 Å². The molecule has 188 valence electrons. The number of benzene rings is 1. The largest absolute Gasteiger partial charge is 0.376 e. The van der Waals surface area contributed by atoms with Crippen LogP contribution in [0.4, 0.5) is 26.0 Å². The van der Waals surface area contributed by atoms with Crippen LogP contribution < -0.4 is 10.2 Å². The van der Waals surface area contributed by atoms with Gasteiger partial charge in [-0.25, -0.2) is 13.8 Å². The number of nitrogens with one attached hydrogen (secondary N) is 1. The molecule has 5 rings (SSSR count). The standard InChI is InChI=1S/C25H29F2N3O5/c1-14(2)35-17-3-4-22(34-12-17)25(31)30-11-15-7-16(26)10-28-24(15)29-20-9-19(27)18(8-21(20)30)23-13-32-5-6-33-23/h7-10,14,17,22-23H,3-6,11-13H2,1-2H3,(H,28,29)/t17-,22+,23+/m0/s1. The summed E-state index contributed by atoms with van der Waals surface area (Å²) in [5.41, 5.74) is 1.57. The van der Waals surface area contributed by atoms with E-state index >= 15 is 4.39 Å². The van der Waals surface area contributed by atoms with Gasteiger partial charge in [-0.05, 0) is 44.9 Å². The summed E-state index contributed by atoms with van der Waals surface area (Å²) in [6.07, 6.45) is 0.963. The Bertz CT molecular complexity index is 1090. The van der Waals surface area contributed by atoms with E-state index in [0.29, 0.717) is 61.0 Å². The zero-order valence-electron chi connectivity index (χ0n) is 19.8. The van der Waals surface area contributed by atoms with Gasteiger partial charge < -0.3 is 29.2 Å². The zero-order valence-corrected chi connectivity index (χ0v) is 19.8. The fraction of sp³-hybridized carbons (Fsp3) is 0.520. The molecule has 1 N–H and O–H groups in total. The number of hydrogen-bond acceptors (Lipinski definition) is 7. The minimum Gasteiger partial charge on any atom is -0.376 e. The van der Waals surface area contributed by atoms with Gasteiger partial charge in [0.15, 0.2) is 0 Å². The van der Waals surface area contributed by atoms with Crippen LogP contribution in [0.3, 0.4) is 0 Å². The number of pyridine rings is 1.